The van der Waals surface area contributed by atoms with E-state index in [1.807, 2.05) is 87.5 Å². The fraction of sp³-hybridized carbons (Fsp3) is 0.143. The van der Waals surface area contributed by atoms with E-state index < -0.39 is 5.97 Å². The van der Waals surface area contributed by atoms with E-state index in [0.717, 1.165) is 27.7 Å². The molecule has 0 radical (unpaired) electrons. The van der Waals surface area contributed by atoms with Crippen LogP contribution in [-0.2, 0) is 0 Å². The van der Waals surface area contributed by atoms with E-state index in [2.05, 4.69) is 0 Å². The summed E-state index contributed by atoms with van der Waals surface area (Å²) in [5, 5.41) is 11.6. The van der Waals surface area contributed by atoms with Crippen LogP contribution < -0.4 is 4.74 Å². The van der Waals surface area contributed by atoms with Gasteiger partial charge in [0.1, 0.15) is 23.1 Å². The number of hydrogen-bond donors (Lipinski definition) is 1. The lowest BCUT2D eigenvalue weighted by Crippen LogP contribution is -2.07. The normalized spacial score (nSPS) is 12.2. The Bertz CT molecular complexity index is 1500. The van der Waals surface area contributed by atoms with Gasteiger partial charge in [-0.25, -0.2) is 9.78 Å². The molecule has 3 aromatic carbocycles. The molecule has 2 heterocycles. The van der Waals surface area contributed by atoms with E-state index >= 15 is 0 Å². The Labute approximate surface area is 191 Å². The Balaban J connectivity index is 1.70. The zero-order valence-corrected chi connectivity index (χ0v) is 18.6. The summed E-state index contributed by atoms with van der Waals surface area (Å²) in [5.74, 6) is 0.0222. The molecule has 1 atom stereocenters. The number of aromatic carboxylic acids is 1. The van der Waals surface area contributed by atoms with Crippen molar-refractivity contribution < 1.29 is 19.1 Å². The average Bonchev–Trinajstić information content (AvgIpc) is 3.17. The van der Waals surface area contributed by atoms with E-state index in [0.29, 0.717) is 28.1 Å². The van der Waals surface area contributed by atoms with Crippen LogP contribution in [-0.4, -0.2) is 16.1 Å². The van der Waals surface area contributed by atoms with E-state index in [-0.39, 0.29) is 11.7 Å². The highest BCUT2D eigenvalue weighted by Crippen LogP contribution is 2.38. The minimum absolute atomic E-state index is 0.133. The first-order valence-electron chi connectivity index (χ1n) is 10.8. The smallest absolute Gasteiger partial charge is 0.336 e. The molecule has 5 aromatic rings. The molecule has 0 unspecified atom stereocenters. The number of rotatable bonds is 5. The van der Waals surface area contributed by atoms with Gasteiger partial charge in [-0.3, -0.25) is 0 Å². The molecule has 0 saturated carbocycles. The third kappa shape index (κ3) is 3.61. The van der Waals surface area contributed by atoms with Gasteiger partial charge in [-0.1, -0.05) is 54.6 Å². The first-order valence-corrected chi connectivity index (χ1v) is 10.8. The van der Waals surface area contributed by atoms with E-state index in [1.54, 1.807) is 6.07 Å². The van der Waals surface area contributed by atoms with E-state index in [9.17, 15) is 9.90 Å². The van der Waals surface area contributed by atoms with Crippen LogP contribution in [0.25, 0.3) is 33.3 Å². The number of nitrogens with zero attached hydrogens (tertiary/aromatic N) is 1. The van der Waals surface area contributed by atoms with E-state index in [4.69, 9.17) is 14.1 Å². The zero-order valence-electron chi connectivity index (χ0n) is 18.6. The Morgan fingerprint density at radius 2 is 1.73 bits per heavy atom. The molecule has 2 aromatic heterocycles. The molecular formula is C28H23NO4. The maximum atomic E-state index is 12.4. The molecule has 0 aliphatic carbocycles. The summed E-state index contributed by atoms with van der Waals surface area (Å²) in [6, 6.07) is 22.9. The second-order valence-electron chi connectivity index (χ2n) is 8.19. The lowest BCUT2D eigenvalue weighted by Gasteiger charge is -2.18. The van der Waals surface area contributed by atoms with Crippen LogP contribution in [0, 0.1) is 13.8 Å². The van der Waals surface area contributed by atoms with Crippen molar-refractivity contribution in [2.45, 2.75) is 26.9 Å². The van der Waals surface area contributed by atoms with Crippen molar-refractivity contribution in [1.29, 1.82) is 0 Å². The number of furan rings is 1. The summed E-state index contributed by atoms with van der Waals surface area (Å²) in [7, 11) is 0. The second-order valence-corrected chi connectivity index (χ2v) is 8.19. The van der Waals surface area contributed by atoms with Crippen LogP contribution in [0.15, 0.2) is 77.2 Å². The maximum absolute atomic E-state index is 12.4. The molecule has 0 spiro atoms. The molecule has 0 aliphatic heterocycles. The van der Waals surface area contributed by atoms with Crippen molar-refractivity contribution in [2.75, 3.05) is 0 Å². The second kappa shape index (κ2) is 8.10. The lowest BCUT2D eigenvalue weighted by atomic mass is 10.0. The molecule has 0 fully saturated rings. The van der Waals surface area contributed by atoms with Crippen LogP contribution in [0.5, 0.6) is 5.75 Å². The molecular weight excluding hydrogens is 414 g/mol. The highest BCUT2D eigenvalue weighted by molar-refractivity contribution is 6.07. The molecule has 5 rings (SSSR count). The van der Waals surface area contributed by atoms with Gasteiger partial charge in [-0.2, -0.15) is 0 Å². The standard InChI is InChI=1S/C28H23NO4/c1-16-13-14-24(32-18(3)19-9-5-4-6-10-19)25-21(28(30)31)15-22(29-26(16)25)27-17(2)20-11-7-8-12-23(20)33-27/h4-15,18H,1-3H3,(H,30,31)/t18-/m0/s1. The Morgan fingerprint density at radius 3 is 2.45 bits per heavy atom. The van der Waals surface area contributed by atoms with Crippen LogP contribution >= 0.6 is 0 Å². The number of hydrogen-bond acceptors (Lipinski definition) is 4. The third-order valence-corrected chi connectivity index (χ3v) is 6.00. The van der Waals surface area contributed by atoms with Gasteiger partial charge in [0.05, 0.1) is 16.5 Å². The van der Waals surface area contributed by atoms with Crippen molar-refractivity contribution in [3.05, 3.63) is 95.1 Å². The molecule has 1 N–H and O–H groups in total. The quantitative estimate of drug-likeness (QED) is 0.317. The first-order chi connectivity index (χ1) is 15.9. The van der Waals surface area contributed by atoms with Gasteiger partial charge in [0, 0.05) is 10.9 Å². The molecule has 5 nitrogen and oxygen atoms in total. The van der Waals surface area contributed by atoms with Gasteiger partial charge in [0.25, 0.3) is 0 Å². The minimum Gasteiger partial charge on any atom is -0.485 e. The number of aryl methyl sites for hydroxylation is 2. The number of carboxylic acid groups (broad SMARTS) is 1. The van der Waals surface area contributed by atoms with Gasteiger partial charge in [-0.05, 0) is 50.1 Å². The summed E-state index contributed by atoms with van der Waals surface area (Å²) in [5.41, 5.74) is 4.75. The Kier molecular flexibility index (Phi) is 5.09. The SMILES string of the molecule is Cc1c(-c2cc(C(=O)O)c3c(O[C@@H](C)c4ccccc4)ccc(C)c3n2)oc2ccccc12. The van der Waals surface area contributed by atoms with Crippen LogP contribution in [0.1, 0.15) is 40.1 Å². The highest BCUT2D eigenvalue weighted by Gasteiger charge is 2.22. The predicted molar refractivity (Wildman–Crippen MR) is 129 cm³/mol. The number of pyridine rings is 1. The lowest BCUT2D eigenvalue weighted by molar-refractivity contribution is 0.0698. The van der Waals surface area contributed by atoms with Crippen molar-refractivity contribution >= 4 is 27.8 Å². The number of carbonyl (C=O) groups is 1. The third-order valence-electron chi connectivity index (χ3n) is 6.00. The average molecular weight is 437 g/mol. The molecule has 5 heteroatoms. The minimum atomic E-state index is -1.04. The fourth-order valence-electron chi connectivity index (χ4n) is 4.23. The number of aromatic nitrogens is 1. The molecule has 0 aliphatic rings. The van der Waals surface area contributed by atoms with Gasteiger partial charge >= 0.3 is 5.97 Å². The molecule has 164 valence electrons. The van der Waals surface area contributed by atoms with Crippen LogP contribution in [0.4, 0.5) is 0 Å². The van der Waals surface area contributed by atoms with Crippen molar-refractivity contribution in [3.8, 4) is 17.2 Å². The van der Waals surface area contributed by atoms with Crippen LogP contribution in [0.3, 0.4) is 0 Å². The van der Waals surface area contributed by atoms with Gasteiger partial charge in [0.2, 0.25) is 0 Å². The molecule has 0 bridgehead atoms. The summed E-state index contributed by atoms with van der Waals surface area (Å²) in [6.45, 7) is 5.82. The number of benzene rings is 3. The number of para-hydroxylation sites is 1. The fourth-order valence-corrected chi connectivity index (χ4v) is 4.23. The molecule has 33 heavy (non-hydrogen) atoms. The zero-order chi connectivity index (χ0) is 23.1. The van der Waals surface area contributed by atoms with Gasteiger partial charge < -0.3 is 14.3 Å². The Morgan fingerprint density at radius 1 is 1.00 bits per heavy atom. The first kappa shape index (κ1) is 20.8. The van der Waals surface area contributed by atoms with Crippen molar-refractivity contribution in [1.82, 2.24) is 4.98 Å². The summed E-state index contributed by atoms with van der Waals surface area (Å²) in [6.07, 6.45) is -0.254. The summed E-state index contributed by atoms with van der Waals surface area (Å²) >= 11 is 0. The number of fused-ring (bicyclic) bond motifs is 2. The topological polar surface area (TPSA) is 72.6 Å². The molecule has 0 saturated heterocycles. The van der Waals surface area contributed by atoms with Crippen LogP contribution in [0.2, 0.25) is 0 Å². The summed E-state index contributed by atoms with van der Waals surface area (Å²) < 4.78 is 12.3. The number of ether oxygens (including phenoxy) is 1. The van der Waals surface area contributed by atoms with Gasteiger partial charge in [-0.15, -0.1) is 0 Å². The largest absolute Gasteiger partial charge is 0.485 e. The van der Waals surface area contributed by atoms with Crippen molar-refractivity contribution in [2.24, 2.45) is 0 Å². The highest BCUT2D eigenvalue weighted by atomic mass is 16.5. The maximum Gasteiger partial charge on any atom is 0.336 e. The van der Waals surface area contributed by atoms with E-state index in [1.165, 1.54) is 0 Å². The molecule has 0 amide bonds. The monoisotopic (exact) mass is 437 g/mol. The number of carboxylic acids is 1. The van der Waals surface area contributed by atoms with Crippen molar-refractivity contribution in [3.63, 3.8) is 0 Å². The predicted octanol–water partition coefficient (Wildman–Crippen LogP) is 7.10. The summed E-state index contributed by atoms with van der Waals surface area (Å²) in [4.78, 5) is 17.2. The van der Waals surface area contributed by atoms with Gasteiger partial charge in [0.15, 0.2) is 5.76 Å². The Hall–Kier alpha value is -4.12.